The van der Waals surface area contributed by atoms with Gasteiger partial charge in [0.1, 0.15) is 0 Å². The van der Waals surface area contributed by atoms with Gasteiger partial charge in [-0.25, -0.2) is 0 Å². The molecule has 19 heavy (non-hydrogen) atoms. The van der Waals surface area contributed by atoms with E-state index in [-0.39, 0.29) is 0 Å². The van der Waals surface area contributed by atoms with Gasteiger partial charge in [-0.05, 0) is 25.7 Å². The van der Waals surface area contributed by atoms with E-state index in [0.717, 1.165) is 0 Å². The van der Waals surface area contributed by atoms with E-state index in [1.54, 1.807) is 0 Å². The monoisotopic (exact) mass is 264 g/mol. The third-order valence-electron chi connectivity index (χ3n) is 3.91. The highest BCUT2D eigenvalue weighted by Crippen LogP contribution is 2.31. The molecule has 1 heterocycles. The molecule has 1 saturated heterocycles. The van der Waals surface area contributed by atoms with Crippen LogP contribution in [0.2, 0.25) is 0 Å². The summed E-state index contributed by atoms with van der Waals surface area (Å²) in [5.74, 6) is 0. The number of rotatable bonds is 13. The molecular formula is C18H32O. The summed E-state index contributed by atoms with van der Waals surface area (Å²) < 4.78 is 5.74. The van der Waals surface area contributed by atoms with Crippen molar-refractivity contribution in [2.45, 2.75) is 89.8 Å². The van der Waals surface area contributed by atoms with Crippen LogP contribution in [0.15, 0.2) is 24.8 Å². The van der Waals surface area contributed by atoms with E-state index in [1.165, 1.54) is 70.6 Å². The molecule has 0 aromatic rings. The standard InChI is InChI=1S/C18H32O/c1-3-5-7-9-11-13-15-17-18(19-17)16-14-12-10-8-6-4-2/h3,5,7,17-18H,1,4,6,8-16H2,2H3/b7-5+/t17-,18+/m0/s1. The summed E-state index contributed by atoms with van der Waals surface area (Å²) in [5.41, 5.74) is 0. The summed E-state index contributed by atoms with van der Waals surface area (Å²) in [5, 5.41) is 0. The molecule has 0 aromatic heterocycles. The van der Waals surface area contributed by atoms with Crippen molar-refractivity contribution < 1.29 is 4.74 Å². The molecule has 0 bridgehead atoms. The lowest BCUT2D eigenvalue weighted by Gasteiger charge is -1.99. The minimum atomic E-state index is 0.596. The molecule has 1 fully saturated rings. The van der Waals surface area contributed by atoms with Crippen molar-refractivity contribution in [2.24, 2.45) is 0 Å². The summed E-state index contributed by atoms with van der Waals surface area (Å²) >= 11 is 0. The fourth-order valence-electron chi connectivity index (χ4n) is 2.61. The summed E-state index contributed by atoms with van der Waals surface area (Å²) in [7, 11) is 0. The quantitative estimate of drug-likeness (QED) is 0.232. The van der Waals surface area contributed by atoms with E-state index >= 15 is 0 Å². The maximum Gasteiger partial charge on any atom is 0.0841 e. The molecule has 0 aliphatic carbocycles. The highest BCUT2D eigenvalue weighted by atomic mass is 16.6. The lowest BCUT2D eigenvalue weighted by molar-refractivity contribution is 0.348. The van der Waals surface area contributed by atoms with Gasteiger partial charge in [-0.15, -0.1) is 0 Å². The van der Waals surface area contributed by atoms with Crippen LogP contribution in [0.3, 0.4) is 0 Å². The Morgan fingerprint density at radius 1 is 0.895 bits per heavy atom. The number of epoxide rings is 1. The zero-order valence-corrected chi connectivity index (χ0v) is 12.8. The van der Waals surface area contributed by atoms with Gasteiger partial charge in [-0.2, -0.15) is 0 Å². The van der Waals surface area contributed by atoms with Crippen LogP contribution in [0.25, 0.3) is 0 Å². The van der Waals surface area contributed by atoms with Crippen LogP contribution in [0.5, 0.6) is 0 Å². The average Bonchev–Trinajstić information content (AvgIpc) is 3.16. The van der Waals surface area contributed by atoms with Crippen LogP contribution < -0.4 is 0 Å². The minimum Gasteiger partial charge on any atom is -0.370 e. The zero-order valence-electron chi connectivity index (χ0n) is 12.8. The number of allylic oxidation sites excluding steroid dienone is 3. The third kappa shape index (κ3) is 9.04. The maximum absolute atomic E-state index is 5.74. The molecule has 1 aliphatic rings. The van der Waals surface area contributed by atoms with Crippen LogP contribution >= 0.6 is 0 Å². The second-order valence-corrected chi connectivity index (χ2v) is 5.72. The number of unbranched alkanes of at least 4 members (excludes halogenated alkanes) is 7. The predicted octanol–water partition coefficient (Wildman–Crippen LogP) is 5.81. The molecule has 1 rings (SSSR count). The topological polar surface area (TPSA) is 12.5 Å². The molecule has 2 atom stereocenters. The summed E-state index contributed by atoms with van der Waals surface area (Å²) in [6, 6.07) is 0. The van der Waals surface area contributed by atoms with E-state index in [2.05, 4.69) is 19.6 Å². The van der Waals surface area contributed by atoms with Gasteiger partial charge < -0.3 is 4.74 Å². The fraction of sp³-hybridized carbons (Fsp3) is 0.778. The Kier molecular flexibility index (Phi) is 9.79. The van der Waals surface area contributed by atoms with E-state index in [1.807, 2.05) is 12.2 Å². The van der Waals surface area contributed by atoms with Crippen LogP contribution in [0, 0.1) is 0 Å². The molecule has 0 spiro atoms. The van der Waals surface area contributed by atoms with E-state index in [4.69, 9.17) is 4.74 Å². The van der Waals surface area contributed by atoms with Gasteiger partial charge in [0.15, 0.2) is 0 Å². The SMILES string of the molecule is C=C/C=C/CCCC[C@@H]1O[C@@H]1CCCCCCCC. The van der Waals surface area contributed by atoms with E-state index in [0.29, 0.717) is 12.2 Å². The van der Waals surface area contributed by atoms with Crippen molar-refractivity contribution in [3.05, 3.63) is 24.8 Å². The minimum absolute atomic E-state index is 0.596. The Morgan fingerprint density at radius 3 is 2.21 bits per heavy atom. The van der Waals surface area contributed by atoms with Crippen LogP contribution in [-0.4, -0.2) is 12.2 Å². The number of hydrogen-bond donors (Lipinski definition) is 0. The van der Waals surface area contributed by atoms with Crippen molar-refractivity contribution >= 4 is 0 Å². The molecule has 1 heteroatoms. The molecular weight excluding hydrogens is 232 g/mol. The first kappa shape index (κ1) is 16.5. The first-order chi connectivity index (χ1) is 9.38. The van der Waals surface area contributed by atoms with Gasteiger partial charge in [0.25, 0.3) is 0 Å². The second-order valence-electron chi connectivity index (χ2n) is 5.72. The van der Waals surface area contributed by atoms with E-state index < -0.39 is 0 Å². The van der Waals surface area contributed by atoms with Gasteiger partial charge in [0.05, 0.1) is 12.2 Å². The lowest BCUT2D eigenvalue weighted by Crippen LogP contribution is -1.94. The van der Waals surface area contributed by atoms with Crippen LogP contribution in [0.1, 0.15) is 77.6 Å². The normalized spacial score (nSPS) is 21.9. The average molecular weight is 264 g/mol. The summed E-state index contributed by atoms with van der Waals surface area (Å²) in [6.45, 7) is 5.95. The van der Waals surface area contributed by atoms with Gasteiger partial charge in [0, 0.05) is 0 Å². The Morgan fingerprint density at radius 2 is 1.53 bits per heavy atom. The largest absolute Gasteiger partial charge is 0.370 e. The van der Waals surface area contributed by atoms with Crippen LogP contribution in [0.4, 0.5) is 0 Å². The molecule has 1 nitrogen and oxygen atoms in total. The smallest absolute Gasteiger partial charge is 0.0841 e. The molecule has 110 valence electrons. The molecule has 0 radical (unpaired) electrons. The Balaban J connectivity index is 1.81. The molecule has 1 aliphatic heterocycles. The first-order valence-corrected chi connectivity index (χ1v) is 8.31. The Labute approximate surface area is 120 Å². The Hall–Kier alpha value is -0.560. The van der Waals surface area contributed by atoms with Crippen LogP contribution in [-0.2, 0) is 4.74 Å². The maximum atomic E-state index is 5.74. The second kappa shape index (κ2) is 11.3. The predicted molar refractivity (Wildman–Crippen MR) is 84.5 cm³/mol. The van der Waals surface area contributed by atoms with Gasteiger partial charge in [-0.3, -0.25) is 0 Å². The number of ether oxygens (including phenoxy) is 1. The highest BCUT2D eigenvalue weighted by Gasteiger charge is 2.36. The highest BCUT2D eigenvalue weighted by molar-refractivity contribution is 4.96. The van der Waals surface area contributed by atoms with E-state index in [9.17, 15) is 0 Å². The van der Waals surface area contributed by atoms with Crippen molar-refractivity contribution in [1.82, 2.24) is 0 Å². The zero-order chi connectivity index (χ0) is 13.8. The first-order valence-electron chi connectivity index (χ1n) is 8.31. The molecule has 0 aromatic carbocycles. The lowest BCUT2D eigenvalue weighted by atomic mass is 10.0. The third-order valence-corrected chi connectivity index (χ3v) is 3.91. The van der Waals surface area contributed by atoms with Gasteiger partial charge >= 0.3 is 0 Å². The number of hydrogen-bond acceptors (Lipinski definition) is 1. The van der Waals surface area contributed by atoms with Crippen molar-refractivity contribution in [2.75, 3.05) is 0 Å². The van der Waals surface area contributed by atoms with Gasteiger partial charge in [-0.1, -0.05) is 76.7 Å². The van der Waals surface area contributed by atoms with Gasteiger partial charge in [0.2, 0.25) is 0 Å². The molecule has 0 amide bonds. The molecule has 0 unspecified atom stereocenters. The summed E-state index contributed by atoms with van der Waals surface area (Å²) in [6.07, 6.45) is 22.0. The molecule has 0 saturated carbocycles. The molecule has 0 N–H and O–H groups in total. The van der Waals surface area contributed by atoms with Crippen molar-refractivity contribution in [1.29, 1.82) is 0 Å². The Bertz CT molecular complexity index is 244. The summed E-state index contributed by atoms with van der Waals surface area (Å²) in [4.78, 5) is 0. The van der Waals surface area contributed by atoms with Crippen molar-refractivity contribution in [3.8, 4) is 0 Å². The fourth-order valence-corrected chi connectivity index (χ4v) is 2.61. The van der Waals surface area contributed by atoms with Crippen molar-refractivity contribution in [3.63, 3.8) is 0 Å².